The highest BCUT2D eigenvalue weighted by molar-refractivity contribution is 6.17. The maximum Gasteiger partial charge on any atom is 0.310 e. The summed E-state index contributed by atoms with van der Waals surface area (Å²) < 4.78 is 22.9. The van der Waals surface area contributed by atoms with E-state index in [1.54, 1.807) is 0 Å². The molecule has 0 N–H and O–H groups in total. The lowest BCUT2D eigenvalue weighted by Crippen LogP contribution is -2.07. The molecule has 0 aliphatic heterocycles. The maximum atomic E-state index is 13.4. The Morgan fingerprint density at radius 1 is 1.38 bits per heavy atom. The van der Waals surface area contributed by atoms with Crippen LogP contribution in [0.4, 0.5) is 4.39 Å². The second-order valence-corrected chi connectivity index (χ2v) is 3.41. The number of methoxy groups -OCH3 is 2. The molecule has 3 nitrogen and oxygen atoms in total. The Balaban J connectivity index is 3.09. The molecule has 88 valence electrons. The number of rotatable bonds is 4. The molecule has 0 saturated heterocycles. The van der Waals surface area contributed by atoms with Gasteiger partial charge in [-0.3, -0.25) is 4.79 Å². The van der Waals surface area contributed by atoms with E-state index in [1.807, 2.05) is 0 Å². The standard InChI is InChI=1S/C11H12ClFO3/c1-15-10-5-9(13)8(6-12)3-7(10)4-11(14)16-2/h3,5H,4,6H2,1-2H3. The zero-order valence-electron chi connectivity index (χ0n) is 9.05. The van der Waals surface area contributed by atoms with Crippen molar-refractivity contribution in [2.75, 3.05) is 14.2 Å². The van der Waals surface area contributed by atoms with Crippen LogP contribution in [0.1, 0.15) is 11.1 Å². The molecule has 0 bridgehead atoms. The van der Waals surface area contributed by atoms with Crippen LogP contribution in [0.3, 0.4) is 0 Å². The Labute approximate surface area is 98.1 Å². The Bertz CT molecular complexity index is 393. The Morgan fingerprint density at radius 2 is 2.06 bits per heavy atom. The van der Waals surface area contributed by atoms with E-state index in [0.29, 0.717) is 16.9 Å². The molecule has 0 unspecified atom stereocenters. The molecule has 0 atom stereocenters. The van der Waals surface area contributed by atoms with Gasteiger partial charge >= 0.3 is 5.97 Å². The van der Waals surface area contributed by atoms with Gasteiger partial charge in [0.1, 0.15) is 11.6 Å². The van der Waals surface area contributed by atoms with Gasteiger partial charge in [-0.2, -0.15) is 0 Å². The van der Waals surface area contributed by atoms with E-state index in [0.717, 1.165) is 0 Å². The molecule has 0 heterocycles. The van der Waals surface area contributed by atoms with Gasteiger partial charge in [-0.1, -0.05) is 0 Å². The van der Waals surface area contributed by atoms with Gasteiger partial charge in [0.2, 0.25) is 0 Å². The van der Waals surface area contributed by atoms with Crippen molar-refractivity contribution in [3.05, 3.63) is 29.1 Å². The predicted molar refractivity (Wildman–Crippen MR) is 58.2 cm³/mol. The quantitative estimate of drug-likeness (QED) is 0.604. The average Bonchev–Trinajstić information content (AvgIpc) is 2.30. The van der Waals surface area contributed by atoms with Crippen molar-refractivity contribution in [2.24, 2.45) is 0 Å². The zero-order valence-corrected chi connectivity index (χ0v) is 9.81. The number of carbonyl (C=O) groups is 1. The third-order valence-corrected chi connectivity index (χ3v) is 2.44. The van der Waals surface area contributed by atoms with E-state index >= 15 is 0 Å². The summed E-state index contributed by atoms with van der Waals surface area (Å²) in [4.78, 5) is 11.1. The van der Waals surface area contributed by atoms with Crippen molar-refractivity contribution >= 4 is 17.6 Å². The minimum atomic E-state index is -0.444. The fraction of sp³-hybridized carbons (Fsp3) is 0.364. The largest absolute Gasteiger partial charge is 0.496 e. The summed E-state index contributed by atoms with van der Waals surface area (Å²) in [5.74, 6) is -0.494. The predicted octanol–water partition coefficient (Wildman–Crippen LogP) is 2.29. The number of benzene rings is 1. The Hall–Kier alpha value is -1.29. The first kappa shape index (κ1) is 12.8. The Kier molecular flexibility index (Phi) is 4.55. The van der Waals surface area contributed by atoms with Gasteiger partial charge in [0, 0.05) is 17.2 Å². The monoisotopic (exact) mass is 246 g/mol. The molecule has 0 radical (unpaired) electrons. The number of halogens is 2. The number of ether oxygens (including phenoxy) is 2. The molecule has 0 aliphatic rings. The highest BCUT2D eigenvalue weighted by Crippen LogP contribution is 2.24. The minimum absolute atomic E-state index is 0.0316. The van der Waals surface area contributed by atoms with Gasteiger partial charge in [0.05, 0.1) is 26.5 Å². The van der Waals surface area contributed by atoms with Crippen LogP contribution >= 0.6 is 11.6 Å². The van der Waals surface area contributed by atoms with Crippen LogP contribution < -0.4 is 4.74 Å². The molecule has 0 aromatic heterocycles. The van der Waals surface area contributed by atoms with Crippen LogP contribution in [-0.2, 0) is 21.8 Å². The van der Waals surface area contributed by atoms with Gasteiger partial charge in [0.25, 0.3) is 0 Å². The summed E-state index contributed by atoms with van der Waals surface area (Å²) >= 11 is 5.57. The fourth-order valence-electron chi connectivity index (χ4n) is 1.31. The van der Waals surface area contributed by atoms with Gasteiger partial charge in [0.15, 0.2) is 0 Å². The minimum Gasteiger partial charge on any atom is -0.496 e. The molecular weight excluding hydrogens is 235 g/mol. The normalized spacial score (nSPS) is 10.0. The van der Waals surface area contributed by atoms with Crippen molar-refractivity contribution in [1.82, 2.24) is 0 Å². The van der Waals surface area contributed by atoms with E-state index in [-0.39, 0.29) is 12.3 Å². The summed E-state index contributed by atoms with van der Waals surface area (Å²) in [6, 6.07) is 2.73. The van der Waals surface area contributed by atoms with E-state index < -0.39 is 11.8 Å². The lowest BCUT2D eigenvalue weighted by molar-refractivity contribution is -0.139. The summed E-state index contributed by atoms with van der Waals surface area (Å²) in [6.45, 7) is 0. The second-order valence-electron chi connectivity index (χ2n) is 3.14. The first-order valence-electron chi connectivity index (χ1n) is 4.60. The number of alkyl halides is 1. The van der Waals surface area contributed by atoms with Crippen LogP contribution in [0.25, 0.3) is 0 Å². The second kappa shape index (κ2) is 5.70. The van der Waals surface area contributed by atoms with E-state index in [2.05, 4.69) is 4.74 Å². The molecule has 0 aliphatic carbocycles. The highest BCUT2D eigenvalue weighted by atomic mass is 35.5. The lowest BCUT2D eigenvalue weighted by atomic mass is 10.1. The molecule has 0 fully saturated rings. The van der Waals surface area contributed by atoms with Gasteiger partial charge in [-0.05, 0) is 6.07 Å². The third kappa shape index (κ3) is 2.85. The van der Waals surface area contributed by atoms with E-state index in [4.69, 9.17) is 16.3 Å². The molecule has 16 heavy (non-hydrogen) atoms. The molecule has 5 heteroatoms. The number of esters is 1. The van der Waals surface area contributed by atoms with Crippen LogP contribution in [0.5, 0.6) is 5.75 Å². The van der Waals surface area contributed by atoms with Crippen LogP contribution in [0.15, 0.2) is 12.1 Å². The smallest absolute Gasteiger partial charge is 0.310 e. The highest BCUT2D eigenvalue weighted by Gasteiger charge is 2.13. The molecule has 1 aromatic rings. The Morgan fingerprint density at radius 3 is 2.56 bits per heavy atom. The molecule has 0 amide bonds. The summed E-state index contributed by atoms with van der Waals surface area (Å²) in [6.07, 6.45) is 0.0316. The van der Waals surface area contributed by atoms with E-state index in [1.165, 1.54) is 26.4 Å². The van der Waals surface area contributed by atoms with Crippen LogP contribution in [0.2, 0.25) is 0 Å². The van der Waals surface area contributed by atoms with Crippen molar-refractivity contribution in [3.63, 3.8) is 0 Å². The summed E-state index contributed by atoms with van der Waals surface area (Å²) in [5.41, 5.74) is 0.896. The summed E-state index contributed by atoms with van der Waals surface area (Å²) in [7, 11) is 2.71. The van der Waals surface area contributed by atoms with E-state index in [9.17, 15) is 9.18 Å². The van der Waals surface area contributed by atoms with Crippen molar-refractivity contribution in [3.8, 4) is 5.75 Å². The molecule has 1 rings (SSSR count). The number of hydrogen-bond acceptors (Lipinski definition) is 3. The van der Waals surface area contributed by atoms with Gasteiger partial charge in [-0.15, -0.1) is 11.6 Å². The molecule has 1 aromatic carbocycles. The molecular formula is C11H12ClFO3. The third-order valence-electron chi connectivity index (χ3n) is 2.16. The summed E-state index contributed by atoms with van der Waals surface area (Å²) in [5, 5.41) is 0. The van der Waals surface area contributed by atoms with Gasteiger partial charge < -0.3 is 9.47 Å². The SMILES string of the molecule is COC(=O)Cc1cc(CCl)c(F)cc1OC. The number of hydrogen-bond donors (Lipinski definition) is 0. The first-order chi connectivity index (χ1) is 7.62. The fourth-order valence-corrected chi connectivity index (χ4v) is 1.51. The zero-order chi connectivity index (χ0) is 12.1. The van der Waals surface area contributed by atoms with Gasteiger partial charge in [-0.25, -0.2) is 4.39 Å². The van der Waals surface area contributed by atoms with Crippen molar-refractivity contribution in [1.29, 1.82) is 0 Å². The van der Waals surface area contributed by atoms with Crippen LogP contribution in [0, 0.1) is 5.82 Å². The maximum absolute atomic E-state index is 13.4. The molecule has 0 spiro atoms. The lowest BCUT2D eigenvalue weighted by Gasteiger charge is -2.10. The van der Waals surface area contributed by atoms with Crippen molar-refractivity contribution in [2.45, 2.75) is 12.3 Å². The average molecular weight is 247 g/mol. The number of carbonyl (C=O) groups excluding carboxylic acids is 1. The molecule has 0 saturated carbocycles. The first-order valence-corrected chi connectivity index (χ1v) is 5.13. The van der Waals surface area contributed by atoms with Crippen LogP contribution in [-0.4, -0.2) is 20.2 Å². The van der Waals surface area contributed by atoms with Crippen molar-refractivity contribution < 1.29 is 18.7 Å². The topological polar surface area (TPSA) is 35.5 Å².